The second-order valence-corrected chi connectivity index (χ2v) is 8.16. The van der Waals surface area contributed by atoms with Crippen molar-refractivity contribution < 1.29 is 18.0 Å². The Bertz CT molecular complexity index is 1190. The molecule has 1 heterocycles. The number of fused-ring (bicyclic) bond motifs is 1. The highest BCUT2D eigenvalue weighted by Gasteiger charge is 2.36. The van der Waals surface area contributed by atoms with E-state index in [4.69, 9.17) is 11.6 Å². The van der Waals surface area contributed by atoms with Crippen LogP contribution in [0.3, 0.4) is 0 Å². The molecule has 4 rings (SSSR count). The maximum atomic E-state index is 12.7. The van der Waals surface area contributed by atoms with E-state index in [1.165, 1.54) is 30.3 Å². The number of para-hydroxylation sites is 1. The summed E-state index contributed by atoms with van der Waals surface area (Å²) in [6, 6.07) is 18.5. The van der Waals surface area contributed by atoms with Crippen molar-refractivity contribution >= 4 is 44.8 Å². The minimum atomic E-state index is -3.97. The molecule has 28 heavy (non-hydrogen) atoms. The molecule has 1 aliphatic heterocycles. The van der Waals surface area contributed by atoms with Crippen LogP contribution in [0.25, 0.3) is 0 Å². The minimum absolute atomic E-state index is 0.0959. The van der Waals surface area contributed by atoms with Gasteiger partial charge in [-0.3, -0.25) is 14.3 Å². The molecule has 3 aromatic rings. The second kappa shape index (κ2) is 6.78. The van der Waals surface area contributed by atoms with Crippen molar-refractivity contribution in [3.8, 4) is 0 Å². The summed E-state index contributed by atoms with van der Waals surface area (Å²) in [5, 5.41) is 0.252. The molecule has 0 fully saturated rings. The molecule has 0 spiro atoms. The molecule has 6 nitrogen and oxygen atoms in total. The Morgan fingerprint density at radius 2 is 1.39 bits per heavy atom. The molecule has 0 aliphatic carbocycles. The first-order valence-electron chi connectivity index (χ1n) is 8.24. The van der Waals surface area contributed by atoms with Crippen LogP contribution in [-0.2, 0) is 10.0 Å². The number of carbonyl (C=O) groups is 2. The van der Waals surface area contributed by atoms with E-state index in [1.54, 1.807) is 42.5 Å². The zero-order valence-electron chi connectivity index (χ0n) is 14.3. The normalized spacial score (nSPS) is 13.5. The monoisotopic (exact) mass is 412 g/mol. The molecule has 1 aliphatic rings. The van der Waals surface area contributed by atoms with Gasteiger partial charge in [-0.15, -0.1) is 0 Å². The van der Waals surface area contributed by atoms with Crippen molar-refractivity contribution in [3.05, 3.63) is 88.9 Å². The highest BCUT2D eigenvalue weighted by atomic mass is 35.5. The summed E-state index contributed by atoms with van der Waals surface area (Å²) in [4.78, 5) is 26.1. The average molecular weight is 413 g/mol. The van der Waals surface area contributed by atoms with Crippen LogP contribution < -0.4 is 9.62 Å². The Hall–Kier alpha value is -3.16. The van der Waals surface area contributed by atoms with Gasteiger partial charge in [0.05, 0.1) is 32.4 Å². The summed E-state index contributed by atoms with van der Waals surface area (Å²) in [6.07, 6.45) is 0. The van der Waals surface area contributed by atoms with Crippen molar-refractivity contribution in [2.75, 3.05) is 9.62 Å². The largest absolute Gasteiger partial charge is 0.278 e. The van der Waals surface area contributed by atoms with Gasteiger partial charge in [-0.2, -0.15) is 0 Å². The molecular formula is C20H13ClN2O4S. The van der Waals surface area contributed by atoms with Gasteiger partial charge >= 0.3 is 0 Å². The van der Waals surface area contributed by atoms with Gasteiger partial charge in [0.2, 0.25) is 0 Å². The van der Waals surface area contributed by atoms with Gasteiger partial charge in [0.1, 0.15) is 0 Å². The fraction of sp³-hybridized carbons (Fsp3) is 0. The number of carbonyl (C=O) groups excluding carboxylic acids is 2. The van der Waals surface area contributed by atoms with Crippen molar-refractivity contribution in [3.63, 3.8) is 0 Å². The van der Waals surface area contributed by atoms with E-state index in [2.05, 4.69) is 4.72 Å². The first-order valence-corrected chi connectivity index (χ1v) is 10.1. The SMILES string of the molecule is O=C1c2ccccc2C(=O)N1c1cccc(S(=O)(=O)Nc2ccccc2Cl)c1. The summed E-state index contributed by atoms with van der Waals surface area (Å²) in [7, 11) is -3.97. The van der Waals surface area contributed by atoms with Crippen LogP contribution >= 0.6 is 11.6 Å². The zero-order valence-corrected chi connectivity index (χ0v) is 15.9. The third-order valence-electron chi connectivity index (χ3n) is 4.30. The Morgan fingerprint density at radius 1 is 0.786 bits per heavy atom. The number of anilines is 2. The molecule has 2 amide bonds. The molecule has 8 heteroatoms. The lowest BCUT2D eigenvalue weighted by molar-refractivity contribution is 0.0926. The molecule has 0 unspecified atom stereocenters. The van der Waals surface area contributed by atoms with Gasteiger partial charge in [-0.05, 0) is 42.5 Å². The van der Waals surface area contributed by atoms with Crippen LogP contribution in [0.15, 0.2) is 77.7 Å². The van der Waals surface area contributed by atoms with Crippen LogP contribution in [0.4, 0.5) is 11.4 Å². The van der Waals surface area contributed by atoms with Crippen LogP contribution in [0.2, 0.25) is 5.02 Å². The second-order valence-electron chi connectivity index (χ2n) is 6.07. The number of imide groups is 1. The number of benzene rings is 3. The maximum Gasteiger partial charge on any atom is 0.266 e. The highest BCUT2D eigenvalue weighted by Crippen LogP contribution is 2.30. The molecule has 0 radical (unpaired) electrons. The fourth-order valence-corrected chi connectivity index (χ4v) is 4.32. The summed E-state index contributed by atoms with van der Waals surface area (Å²) < 4.78 is 27.9. The van der Waals surface area contributed by atoms with E-state index in [9.17, 15) is 18.0 Å². The van der Waals surface area contributed by atoms with E-state index < -0.39 is 21.8 Å². The first kappa shape index (κ1) is 18.2. The fourth-order valence-electron chi connectivity index (χ4n) is 2.96. The van der Waals surface area contributed by atoms with Gasteiger partial charge in [-0.25, -0.2) is 13.3 Å². The Morgan fingerprint density at radius 3 is 2.04 bits per heavy atom. The van der Waals surface area contributed by atoms with Crippen LogP contribution in [0, 0.1) is 0 Å². The first-order chi connectivity index (χ1) is 13.4. The Balaban J connectivity index is 1.70. The molecule has 0 saturated carbocycles. The summed E-state index contributed by atoms with van der Waals surface area (Å²) in [5.41, 5.74) is 0.980. The number of rotatable bonds is 4. The van der Waals surface area contributed by atoms with Gasteiger partial charge in [0.25, 0.3) is 21.8 Å². The quantitative estimate of drug-likeness (QED) is 0.658. The summed E-state index contributed by atoms with van der Waals surface area (Å²) >= 11 is 6.02. The zero-order chi connectivity index (χ0) is 19.9. The van der Waals surface area contributed by atoms with Gasteiger partial charge in [0.15, 0.2) is 0 Å². The van der Waals surface area contributed by atoms with E-state index in [0.29, 0.717) is 0 Å². The number of hydrogen-bond donors (Lipinski definition) is 1. The number of nitrogens with zero attached hydrogens (tertiary/aromatic N) is 1. The molecule has 3 aromatic carbocycles. The predicted octanol–water partition coefficient (Wildman–Crippen LogP) is 3.94. The van der Waals surface area contributed by atoms with E-state index >= 15 is 0 Å². The number of hydrogen-bond acceptors (Lipinski definition) is 4. The number of sulfonamides is 1. The molecule has 140 valence electrons. The number of halogens is 1. The van der Waals surface area contributed by atoms with Crippen molar-refractivity contribution in [1.82, 2.24) is 0 Å². The van der Waals surface area contributed by atoms with E-state index in [-0.39, 0.29) is 32.4 Å². The topological polar surface area (TPSA) is 83.6 Å². The average Bonchev–Trinajstić information content (AvgIpc) is 2.95. The Kier molecular flexibility index (Phi) is 4.41. The third kappa shape index (κ3) is 3.04. The maximum absolute atomic E-state index is 12.7. The lowest BCUT2D eigenvalue weighted by Gasteiger charge is -2.16. The predicted molar refractivity (Wildman–Crippen MR) is 106 cm³/mol. The lowest BCUT2D eigenvalue weighted by atomic mass is 10.1. The van der Waals surface area contributed by atoms with Gasteiger partial charge in [0, 0.05) is 0 Å². The Labute approximate surface area is 166 Å². The summed E-state index contributed by atoms with van der Waals surface area (Å²) in [5.74, 6) is -0.983. The standard InChI is InChI=1S/C20H13ClN2O4S/c21-17-10-3-4-11-18(17)22-28(26,27)14-7-5-6-13(12-14)23-19(24)15-8-1-2-9-16(15)20(23)25/h1-12,22H. The third-order valence-corrected chi connectivity index (χ3v) is 5.99. The molecule has 0 saturated heterocycles. The molecule has 0 aromatic heterocycles. The van der Waals surface area contributed by atoms with Crippen molar-refractivity contribution in [1.29, 1.82) is 0 Å². The minimum Gasteiger partial charge on any atom is -0.278 e. The molecule has 0 atom stereocenters. The molecule has 0 bridgehead atoms. The van der Waals surface area contributed by atoms with Crippen molar-refractivity contribution in [2.45, 2.75) is 4.90 Å². The van der Waals surface area contributed by atoms with Crippen molar-refractivity contribution in [2.24, 2.45) is 0 Å². The number of amides is 2. The van der Waals surface area contributed by atoms with Crippen LogP contribution in [0.5, 0.6) is 0 Å². The van der Waals surface area contributed by atoms with Crippen LogP contribution in [-0.4, -0.2) is 20.2 Å². The van der Waals surface area contributed by atoms with Gasteiger partial charge < -0.3 is 0 Å². The number of nitrogens with one attached hydrogen (secondary N) is 1. The molecule has 1 N–H and O–H groups in total. The smallest absolute Gasteiger partial charge is 0.266 e. The van der Waals surface area contributed by atoms with E-state index in [1.807, 2.05) is 0 Å². The van der Waals surface area contributed by atoms with Gasteiger partial charge in [-0.1, -0.05) is 41.9 Å². The highest BCUT2D eigenvalue weighted by molar-refractivity contribution is 7.92. The summed E-state index contributed by atoms with van der Waals surface area (Å²) in [6.45, 7) is 0. The van der Waals surface area contributed by atoms with E-state index in [0.717, 1.165) is 4.90 Å². The lowest BCUT2D eigenvalue weighted by Crippen LogP contribution is -2.29. The molecular weight excluding hydrogens is 400 g/mol. The van der Waals surface area contributed by atoms with Crippen LogP contribution in [0.1, 0.15) is 20.7 Å².